The van der Waals surface area contributed by atoms with Gasteiger partial charge in [0.1, 0.15) is 0 Å². The van der Waals surface area contributed by atoms with Crippen LogP contribution in [0.25, 0.3) is 0 Å². The Labute approximate surface area is 89.6 Å². The molecule has 0 saturated carbocycles. The van der Waals surface area contributed by atoms with Crippen molar-refractivity contribution in [2.75, 3.05) is 0 Å². The minimum Gasteiger partial charge on any atom is 0 e. The molecule has 0 nitrogen and oxygen atoms in total. The maximum Gasteiger partial charge on any atom is 0 e. The summed E-state index contributed by atoms with van der Waals surface area (Å²) >= 11 is 0. The summed E-state index contributed by atoms with van der Waals surface area (Å²) in [6, 6.07) is 0. The van der Waals surface area contributed by atoms with Gasteiger partial charge in [0.15, 0.2) is 0 Å². The zero-order valence-corrected chi connectivity index (χ0v) is 7.73. The average molecular weight is 244 g/mol. The van der Waals surface area contributed by atoms with Gasteiger partial charge in [0, 0.05) is 36.5 Å². The summed E-state index contributed by atoms with van der Waals surface area (Å²) in [6.45, 7) is 0. The van der Waals surface area contributed by atoms with Crippen LogP contribution < -0.4 is 0 Å². The largest absolute Gasteiger partial charge is 0 e. The van der Waals surface area contributed by atoms with Crippen LogP contribution in [-0.4, -0.2) is 54.8 Å². The zero-order chi connectivity index (χ0) is 0. The summed E-state index contributed by atoms with van der Waals surface area (Å²) < 4.78 is 0. The van der Waals surface area contributed by atoms with Gasteiger partial charge in [-0.05, 0) is 0 Å². The van der Waals surface area contributed by atoms with Crippen LogP contribution in [0.1, 0.15) is 0 Å². The van der Waals surface area contributed by atoms with E-state index in [0.29, 0.717) is 0 Å². The number of hydrogen-bond acceptors (Lipinski definition) is 0. The van der Waals surface area contributed by atoms with E-state index < -0.39 is 0 Å². The van der Waals surface area contributed by atoms with E-state index in [4.69, 9.17) is 0 Å². The van der Waals surface area contributed by atoms with Gasteiger partial charge in [0.05, 0.1) is 0 Å². The monoisotopic (exact) mass is 244 g/mol. The molecule has 0 amide bonds. The molecular weight excluding hydrogens is 240 g/mol. The van der Waals surface area contributed by atoms with Crippen LogP contribution in [-0.2, 0) is 36.5 Å². The van der Waals surface area contributed by atoms with Crippen molar-refractivity contribution in [3.8, 4) is 0 Å². The third kappa shape index (κ3) is 8.87. The second-order valence-electron chi connectivity index (χ2n) is 0. The molecule has 0 heterocycles. The predicted molar refractivity (Wildman–Crippen MR) is 17.1 cm³/mol. The van der Waals surface area contributed by atoms with Crippen molar-refractivity contribution in [2.24, 2.45) is 0 Å². The first-order chi connectivity index (χ1) is 0. The molecule has 0 aromatic heterocycles. The first-order valence-corrected chi connectivity index (χ1v) is 0. The molecule has 0 fully saturated rings. The summed E-state index contributed by atoms with van der Waals surface area (Å²) in [6.07, 6.45) is 0. The molecule has 0 saturated heterocycles. The van der Waals surface area contributed by atoms with Crippen LogP contribution in [0.2, 0.25) is 0 Å². The second-order valence-corrected chi connectivity index (χ2v) is 0. The van der Waals surface area contributed by atoms with E-state index in [1.165, 1.54) is 0 Å². The van der Waals surface area contributed by atoms with Crippen molar-refractivity contribution < 1.29 is 36.5 Å². The van der Waals surface area contributed by atoms with E-state index >= 15 is 0 Å². The van der Waals surface area contributed by atoms with Gasteiger partial charge >= 0.3 is 54.8 Å². The summed E-state index contributed by atoms with van der Waals surface area (Å²) in [5.74, 6) is 0. The predicted octanol–water partition coefficient (Wildman–Crippen LogP) is -1.84. The van der Waals surface area contributed by atoms with Gasteiger partial charge in [0.2, 0.25) is 0 Å². The molecule has 0 radical (unpaired) electrons. The van der Waals surface area contributed by atoms with Crippen LogP contribution in [0.15, 0.2) is 0 Å². The summed E-state index contributed by atoms with van der Waals surface area (Å²) in [5, 5.41) is 0. The third-order valence-corrected chi connectivity index (χ3v) is 0. The third-order valence-electron chi connectivity index (χ3n) is 0. The molecule has 0 aliphatic rings. The van der Waals surface area contributed by atoms with Crippen LogP contribution in [0.3, 0.4) is 0 Å². The molecule has 0 aromatic carbocycles. The number of rotatable bonds is 0. The summed E-state index contributed by atoms with van der Waals surface area (Å²) in [4.78, 5) is 0. The minimum atomic E-state index is 0. The molecule has 0 aromatic rings. The summed E-state index contributed by atoms with van der Waals surface area (Å²) in [5.41, 5.74) is 0. The van der Waals surface area contributed by atoms with Crippen molar-refractivity contribution in [3.05, 3.63) is 0 Å². The van der Waals surface area contributed by atoms with E-state index in [1.54, 1.807) is 0 Å². The molecule has 22 valence electrons. The molecular formula is H4CaFeSeZn. The Hall–Kier alpha value is 2.92. The van der Waals surface area contributed by atoms with Gasteiger partial charge in [-0.25, -0.2) is 0 Å². The Morgan fingerprint density at radius 1 is 1.00 bits per heavy atom. The van der Waals surface area contributed by atoms with Crippen molar-refractivity contribution in [2.45, 2.75) is 0 Å². The number of hydrogen-bond donors (Lipinski definition) is 0. The van der Waals surface area contributed by atoms with Crippen LogP contribution >= 0.6 is 0 Å². The average Bonchev–Trinajstić information content (AvgIpc) is 0. The topological polar surface area (TPSA) is 0 Å². The van der Waals surface area contributed by atoms with E-state index in [2.05, 4.69) is 0 Å². The van der Waals surface area contributed by atoms with E-state index in [9.17, 15) is 0 Å². The first kappa shape index (κ1) is 28.4. The minimum absolute atomic E-state index is 0. The fourth-order valence-electron chi connectivity index (χ4n) is 0. The normalized spacial score (nSPS) is 0. The maximum atomic E-state index is 0. The smallest absolute Gasteiger partial charge is 0 e. The molecule has 0 N–H and O–H groups in total. The fourth-order valence-corrected chi connectivity index (χ4v) is 0. The van der Waals surface area contributed by atoms with Crippen molar-refractivity contribution in [3.63, 3.8) is 0 Å². The molecule has 0 atom stereocenters. The van der Waals surface area contributed by atoms with Crippen LogP contribution in [0.4, 0.5) is 0 Å². The Kier molecular flexibility index (Phi) is 119. The standard InChI is InChI=1S/Ca.Fe.H2Se.Zn.2H/h;;1H2;;;. The Bertz CT molecular complexity index is 8.00. The Morgan fingerprint density at radius 2 is 1.00 bits per heavy atom. The van der Waals surface area contributed by atoms with Gasteiger partial charge in [-0.2, -0.15) is 0 Å². The van der Waals surface area contributed by atoms with Gasteiger partial charge in [-0.15, -0.1) is 0 Å². The zero-order valence-electron chi connectivity index (χ0n) is 1.56. The van der Waals surface area contributed by atoms with Crippen molar-refractivity contribution in [1.29, 1.82) is 0 Å². The Balaban J connectivity index is 0. The molecule has 0 aliphatic heterocycles. The molecule has 0 spiro atoms. The van der Waals surface area contributed by atoms with Crippen LogP contribution in [0.5, 0.6) is 0 Å². The van der Waals surface area contributed by atoms with E-state index in [0.717, 1.165) is 0 Å². The molecule has 4 heteroatoms. The Morgan fingerprint density at radius 3 is 1.00 bits per heavy atom. The van der Waals surface area contributed by atoms with Gasteiger partial charge in [0.25, 0.3) is 0 Å². The van der Waals surface area contributed by atoms with Crippen LogP contribution in [0, 0.1) is 0 Å². The fraction of sp³-hybridized carbons (Fsp3) is 0. The van der Waals surface area contributed by atoms with E-state index in [-0.39, 0.29) is 91.4 Å². The molecule has 4 heavy (non-hydrogen) atoms. The van der Waals surface area contributed by atoms with Crippen molar-refractivity contribution >= 4 is 54.8 Å². The van der Waals surface area contributed by atoms with Gasteiger partial charge in [-0.1, -0.05) is 0 Å². The molecule has 0 aliphatic carbocycles. The van der Waals surface area contributed by atoms with Crippen molar-refractivity contribution in [1.82, 2.24) is 0 Å². The second kappa shape index (κ2) is 16.8. The van der Waals surface area contributed by atoms with Gasteiger partial charge < -0.3 is 0 Å². The molecule has 0 rings (SSSR count). The molecule has 0 bridgehead atoms. The van der Waals surface area contributed by atoms with Gasteiger partial charge in [-0.3, -0.25) is 0 Å². The summed E-state index contributed by atoms with van der Waals surface area (Å²) in [7, 11) is 0. The SMILES string of the molecule is [CaH2].[Fe].[SeH2].[Zn]. The maximum absolute atomic E-state index is 0. The van der Waals surface area contributed by atoms with E-state index in [1.807, 2.05) is 0 Å². The first-order valence-electron chi connectivity index (χ1n) is 0. The molecule has 0 unspecified atom stereocenters. The quantitative estimate of drug-likeness (QED) is 0.440.